The molecule has 0 aliphatic carbocycles. The summed E-state index contributed by atoms with van der Waals surface area (Å²) < 4.78 is 11.5. The third kappa shape index (κ3) is 8.36. The highest BCUT2D eigenvalue weighted by Crippen LogP contribution is 2.44. The summed E-state index contributed by atoms with van der Waals surface area (Å²) in [4.78, 5) is 20.0. The van der Waals surface area contributed by atoms with Crippen molar-refractivity contribution in [1.82, 2.24) is 10.3 Å². The monoisotopic (exact) mass is 587 g/mol. The number of aliphatic carboxylic acids is 1. The van der Waals surface area contributed by atoms with Crippen LogP contribution < -0.4 is 15.0 Å². The number of hydrogen-bond donors (Lipinski definition) is 2. The molecule has 2 N–H and O–H groups in total. The topological polar surface area (TPSA) is 83.9 Å². The number of carboxylic acids is 1. The van der Waals surface area contributed by atoms with Crippen LogP contribution in [0.4, 0.5) is 5.69 Å². The van der Waals surface area contributed by atoms with Crippen LogP contribution in [0.1, 0.15) is 81.6 Å². The third-order valence-electron chi connectivity index (χ3n) is 8.29. The van der Waals surface area contributed by atoms with Crippen LogP contribution in [0, 0.1) is 19.3 Å². The van der Waals surface area contributed by atoms with E-state index in [1.54, 1.807) is 7.11 Å². The van der Waals surface area contributed by atoms with E-state index in [2.05, 4.69) is 60.5 Å². The molecular formula is C36H49N3O4. The van der Waals surface area contributed by atoms with Gasteiger partial charge >= 0.3 is 5.97 Å². The van der Waals surface area contributed by atoms with Gasteiger partial charge in [0.1, 0.15) is 5.75 Å². The molecule has 7 nitrogen and oxygen atoms in total. The van der Waals surface area contributed by atoms with Crippen LogP contribution in [0.25, 0.3) is 11.1 Å². The van der Waals surface area contributed by atoms with Gasteiger partial charge in [-0.25, -0.2) is 4.79 Å². The van der Waals surface area contributed by atoms with Crippen LogP contribution in [-0.2, 0) is 22.5 Å². The van der Waals surface area contributed by atoms with Gasteiger partial charge in [0.05, 0.1) is 18.4 Å². The van der Waals surface area contributed by atoms with E-state index in [1.165, 1.54) is 11.1 Å². The number of piperidine rings is 1. The zero-order valence-electron chi connectivity index (χ0n) is 27.2. The number of pyridine rings is 1. The smallest absolute Gasteiger partial charge is 0.337 e. The van der Waals surface area contributed by atoms with Crippen LogP contribution in [-0.4, -0.2) is 48.4 Å². The Morgan fingerprint density at radius 3 is 2.16 bits per heavy atom. The summed E-state index contributed by atoms with van der Waals surface area (Å²) in [6, 6.07) is 16.8. The number of nitrogens with zero attached hydrogens (tertiary/aromatic N) is 2. The van der Waals surface area contributed by atoms with E-state index in [0.717, 1.165) is 73.7 Å². The second kappa shape index (κ2) is 13.5. The van der Waals surface area contributed by atoms with Gasteiger partial charge in [-0.15, -0.1) is 0 Å². The van der Waals surface area contributed by atoms with Crippen molar-refractivity contribution in [3.05, 3.63) is 76.6 Å². The first kappa shape index (κ1) is 32.5. The maximum atomic E-state index is 12.7. The predicted octanol–water partition coefficient (Wildman–Crippen LogP) is 7.27. The molecule has 0 radical (unpaired) electrons. The number of carbonyl (C=O) groups is 1. The van der Waals surface area contributed by atoms with Crippen molar-refractivity contribution >= 4 is 11.7 Å². The third-order valence-corrected chi connectivity index (χ3v) is 8.29. The lowest BCUT2D eigenvalue weighted by Gasteiger charge is -2.41. The molecule has 0 amide bonds. The highest BCUT2D eigenvalue weighted by molar-refractivity contribution is 5.88. The largest absolute Gasteiger partial charge is 0.497 e. The molecule has 1 unspecified atom stereocenters. The standard InChI is InChI=1S/C36H49N3O4/c1-24-30(28-13-9-27(10-14-28)23-37-20-17-26-11-15-29(42-8)16-12-26)32(39-21-18-36(6,7)19-22-39)31(25(2)38-24)33(34(40)41)43-35(3,4)5/h9-16,33,37H,17-23H2,1-8H3,(H,40,41). The fourth-order valence-corrected chi connectivity index (χ4v) is 5.80. The number of aryl methyl sites for hydroxylation is 2. The molecule has 4 rings (SSSR count). The van der Waals surface area contributed by atoms with E-state index < -0.39 is 17.7 Å². The number of methoxy groups -OCH3 is 1. The Kier molecular flexibility index (Phi) is 10.2. The molecule has 7 heteroatoms. The summed E-state index contributed by atoms with van der Waals surface area (Å²) in [7, 11) is 1.68. The zero-order chi connectivity index (χ0) is 31.4. The van der Waals surface area contributed by atoms with Crippen LogP contribution in [0.3, 0.4) is 0 Å². The van der Waals surface area contributed by atoms with E-state index in [0.29, 0.717) is 11.3 Å². The zero-order valence-corrected chi connectivity index (χ0v) is 27.2. The normalized spacial score (nSPS) is 15.8. The van der Waals surface area contributed by atoms with Crippen molar-refractivity contribution in [1.29, 1.82) is 0 Å². The molecule has 1 aliphatic rings. The van der Waals surface area contributed by atoms with Gasteiger partial charge in [0.25, 0.3) is 0 Å². The molecule has 43 heavy (non-hydrogen) atoms. The number of rotatable bonds is 11. The summed E-state index contributed by atoms with van der Waals surface area (Å²) >= 11 is 0. The highest BCUT2D eigenvalue weighted by atomic mass is 16.5. The Balaban J connectivity index is 1.63. The molecule has 1 saturated heterocycles. The minimum Gasteiger partial charge on any atom is -0.497 e. The molecular weight excluding hydrogens is 538 g/mol. The summed E-state index contributed by atoms with van der Waals surface area (Å²) in [5, 5.41) is 14.0. The van der Waals surface area contributed by atoms with Gasteiger partial charge in [-0.1, -0.05) is 50.2 Å². The minimum atomic E-state index is -1.12. The van der Waals surface area contributed by atoms with Crippen LogP contribution >= 0.6 is 0 Å². The van der Waals surface area contributed by atoms with Crippen molar-refractivity contribution in [3.8, 4) is 16.9 Å². The number of anilines is 1. The van der Waals surface area contributed by atoms with E-state index in [1.807, 2.05) is 46.8 Å². The molecule has 2 aromatic carbocycles. The Morgan fingerprint density at radius 1 is 1.00 bits per heavy atom. The van der Waals surface area contributed by atoms with Crippen molar-refractivity contribution < 1.29 is 19.4 Å². The number of carboxylic acid groups (broad SMARTS) is 1. The van der Waals surface area contributed by atoms with Crippen molar-refractivity contribution in [2.24, 2.45) is 5.41 Å². The summed E-state index contributed by atoms with van der Waals surface area (Å²) in [6.45, 7) is 17.6. The molecule has 232 valence electrons. The van der Waals surface area contributed by atoms with Crippen molar-refractivity contribution in [2.45, 2.75) is 86.0 Å². The first-order chi connectivity index (χ1) is 20.3. The lowest BCUT2D eigenvalue weighted by Crippen LogP contribution is -2.39. The average molecular weight is 588 g/mol. The summed E-state index contributed by atoms with van der Waals surface area (Å²) in [5.74, 6) is -0.125. The summed E-state index contributed by atoms with van der Waals surface area (Å²) in [5.41, 5.74) is 7.31. The van der Waals surface area contributed by atoms with Crippen LogP contribution in [0.5, 0.6) is 5.75 Å². The highest BCUT2D eigenvalue weighted by Gasteiger charge is 2.36. The molecule has 1 aliphatic heterocycles. The average Bonchev–Trinajstić information content (AvgIpc) is 2.94. The van der Waals surface area contributed by atoms with E-state index in [-0.39, 0.29) is 5.41 Å². The number of ether oxygens (including phenoxy) is 2. The number of aromatic nitrogens is 1. The molecule has 2 heterocycles. The van der Waals surface area contributed by atoms with Crippen LogP contribution in [0.2, 0.25) is 0 Å². The Hall–Kier alpha value is -3.42. The first-order valence-corrected chi connectivity index (χ1v) is 15.4. The van der Waals surface area contributed by atoms with Gasteiger partial charge in [-0.2, -0.15) is 0 Å². The number of benzene rings is 2. The van der Waals surface area contributed by atoms with Gasteiger partial charge in [0, 0.05) is 42.1 Å². The van der Waals surface area contributed by atoms with Gasteiger partial charge in [-0.3, -0.25) is 4.98 Å². The number of nitrogens with one attached hydrogen (secondary N) is 1. The Bertz CT molecular complexity index is 1380. The fourth-order valence-electron chi connectivity index (χ4n) is 5.80. The van der Waals surface area contributed by atoms with Gasteiger partial charge in [0.15, 0.2) is 6.10 Å². The maximum absolute atomic E-state index is 12.7. The molecule has 0 bridgehead atoms. The summed E-state index contributed by atoms with van der Waals surface area (Å²) in [6.07, 6.45) is 1.89. The molecule has 1 fully saturated rings. The minimum absolute atomic E-state index is 0.254. The molecule has 0 spiro atoms. The molecule has 3 aromatic rings. The fraction of sp³-hybridized carbons (Fsp3) is 0.500. The SMILES string of the molecule is COc1ccc(CCNCc2ccc(-c3c(C)nc(C)c(C(OC(C)(C)C)C(=O)O)c3N3CCC(C)(C)CC3)cc2)cc1. The van der Waals surface area contributed by atoms with E-state index >= 15 is 0 Å². The van der Waals surface area contributed by atoms with Gasteiger partial charge in [-0.05, 0) is 94.7 Å². The lowest BCUT2D eigenvalue weighted by atomic mass is 9.81. The van der Waals surface area contributed by atoms with Gasteiger partial charge in [0.2, 0.25) is 0 Å². The quantitative estimate of drug-likeness (QED) is 0.228. The van der Waals surface area contributed by atoms with E-state index in [9.17, 15) is 9.90 Å². The Labute approximate surface area is 257 Å². The second-order valence-electron chi connectivity index (χ2n) is 13.5. The number of hydrogen-bond acceptors (Lipinski definition) is 6. The Morgan fingerprint density at radius 2 is 1.60 bits per heavy atom. The second-order valence-corrected chi connectivity index (χ2v) is 13.5. The lowest BCUT2D eigenvalue weighted by molar-refractivity contribution is -0.160. The molecule has 0 saturated carbocycles. The van der Waals surface area contributed by atoms with Gasteiger partial charge < -0.3 is 24.8 Å². The predicted molar refractivity (Wildman–Crippen MR) is 174 cm³/mol. The van der Waals surface area contributed by atoms with E-state index in [4.69, 9.17) is 14.5 Å². The first-order valence-electron chi connectivity index (χ1n) is 15.4. The molecule has 1 aromatic heterocycles. The van der Waals surface area contributed by atoms with Crippen molar-refractivity contribution in [3.63, 3.8) is 0 Å². The van der Waals surface area contributed by atoms with Crippen LogP contribution in [0.15, 0.2) is 48.5 Å². The molecule has 1 atom stereocenters. The maximum Gasteiger partial charge on any atom is 0.337 e. The van der Waals surface area contributed by atoms with Crippen molar-refractivity contribution in [2.75, 3.05) is 31.6 Å².